The number of anilines is 1. The number of hydrogen-bond acceptors (Lipinski definition) is 4. The molecule has 0 N–H and O–H groups in total. The first-order valence-electron chi connectivity index (χ1n) is 8.30. The number of carbonyl (C=O) groups is 2. The van der Waals surface area contributed by atoms with Gasteiger partial charge in [0.15, 0.2) is 6.10 Å². The second-order valence-electron chi connectivity index (χ2n) is 5.93. The van der Waals surface area contributed by atoms with Gasteiger partial charge >= 0.3 is 5.97 Å². The first-order valence-corrected chi connectivity index (χ1v) is 9.09. The van der Waals surface area contributed by atoms with Crippen LogP contribution in [0, 0.1) is 0 Å². The van der Waals surface area contributed by atoms with Crippen molar-refractivity contribution < 1.29 is 14.3 Å². The molecular weight excluding hydrogens is 410 g/mol. The first kappa shape index (κ1) is 18.8. The van der Waals surface area contributed by atoms with Crippen LogP contribution in [0.5, 0.6) is 0 Å². The molecule has 0 fully saturated rings. The molecule has 1 atom stereocenters. The fraction of sp³-hybridized carbons (Fsp3) is 0.150. The molecule has 2 aromatic carbocycles. The summed E-state index contributed by atoms with van der Waals surface area (Å²) < 4.78 is 7.84. The van der Waals surface area contributed by atoms with Crippen LogP contribution in [0.25, 0.3) is 5.69 Å². The lowest BCUT2D eigenvalue weighted by atomic mass is 10.2. The van der Waals surface area contributed by atoms with Crippen molar-refractivity contribution in [3.63, 3.8) is 0 Å². The molecule has 1 amide bonds. The number of esters is 1. The largest absolute Gasteiger partial charge is 0.449 e. The van der Waals surface area contributed by atoms with Gasteiger partial charge in [-0.2, -0.15) is 5.10 Å². The summed E-state index contributed by atoms with van der Waals surface area (Å²) in [4.78, 5) is 26.5. The van der Waals surface area contributed by atoms with E-state index in [9.17, 15) is 9.59 Å². The molecule has 27 heavy (non-hydrogen) atoms. The van der Waals surface area contributed by atoms with Crippen LogP contribution in [0.1, 0.15) is 17.3 Å². The van der Waals surface area contributed by atoms with Gasteiger partial charge in [-0.25, -0.2) is 9.48 Å². The van der Waals surface area contributed by atoms with Gasteiger partial charge in [0.2, 0.25) is 0 Å². The van der Waals surface area contributed by atoms with Crippen molar-refractivity contribution in [3.8, 4) is 5.69 Å². The van der Waals surface area contributed by atoms with Gasteiger partial charge in [0, 0.05) is 18.9 Å². The highest BCUT2D eigenvalue weighted by Crippen LogP contribution is 2.16. The van der Waals surface area contributed by atoms with Crippen LogP contribution in [0.4, 0.5) is 5.69 Å². The second kappa shape index (κ2) is 8.18. The van der Waals surface area contributed by atoms with E-state index in [4.69, 9.17) is 4.74 Å². The Morgan fingerprint density at radius 3 is 2.56 bits per heavy atom. The van der Waals surface area contributed by atoms with Crippen molar-refractivity contribution in [1.82, 2.24) is 9.78 Å². The van der Waals surface area contributed by atoms with Crippen LogP contribution in [0.15, 0.2) is 71.5 Å². The zero-order chi connectivity index (χ0) is 19.4. The van der Waals surface area contributed by atoms with E-state index in [0.717, 1.165) is 15.8 Å². The summed E-state index contributed by atoms with van der Waals surface area (Å²) in [5, 5.41) is 4.19. The van der Waals surface area contributed by atoms with Gasteiger partial charge in [-0.05, 0) is 53.2 Å². The zero-order valence-electron chi connectivity index (χ0n) is 14.9. The summed E-state index contributed by atoms with van der Waals surface area (Å²) in [6.07, 6.45) is 2.53. The quantitative estimate of drug-likeness (QED) is 0.580. The van der Waals surface area contributed by atoms with Crippen molar-refractivity contribution >= 4 is 33.5 Å². The Balaban J connectivity index is 1.70. The standard InChI is InChI=1S/C20H18BrN3O3/c1-14(19(25)23(2)17-8-4-3-5-9-17)27-20(26)15-7-6-10-18(11-15)24-13-16(21)12-22-24/h3-14H,1-2H3/t14-/m1/s1. The monoisotopic (exact) mass is 427 g/mol. The Hall–Kier alpha value is -2.93. The number of halogens is 1. The van der Waals surface area contributed by atoms with E-state index in [0.29, 0.717) is 5.56 Å². The minimum absolute atomic E-state index is 0.304. The van der Waals surface area contributed by atoms with Crippen molar-refractivity contribution in [2.45, 2.75) is 13.0 Å². The summed E-state index contributed by atoms with van der Waals surface area (Å²) in [6, 6.07) is 16.1. The van der Waals surface area contributed by atoms with Crippen LogP contribution in [0.2, 0.25) is 0 Å². The third kappa shape index (κ3) is 4.43. The summed E-state index contributed by atoms with van der Waals surface area (Å²) in [7, 11) is 1.65. The second-order valence-corrected chi connectivity index (χ2v) is 6.85. The molecule has 3 aromatic rings. The van der Waals surface area contributed by atoms with Crippen LogP contribution in [0.3, 0.4) is 0 Å². The molecule has 0 spiro atoms. The summed E-state index contributed by atoms with van der Waals surface area (Å²) in [5.74, 6) is -0.868. The zero-order valence-corrected chi connectivity index (χ0v) is 16.5. The fourth-order valence-electron chi connectivity index (χ4n) is 2.55. The minimum Gasteiger partial charge on any atom is -0.449 e. The first-order chi connectivity index (χ1) is 13.0. The van der Waals surface area contributed by atoms with E-state index in [2.05, 4.69) is 21.0 Å². The Kier molecular flexibility index (Phi) is 5.71. The molecule has 3 rings (SSSR count). The van der Waals surface area contributed by atoms with E-state index in [1.807, 2.05) is 36.4 Å². The van der Waals surface area contributed by atoms with Crippen LogP contribution < -0.4 is 4.90 Å². The van der Waals surface area contributed by atoms with Crippen LogP contribution in [-0.2, 0) is 9.53 Å². The Morgan fingerprint density at radius 1 is 1.15 bits per heavy atom. The lowest BCUT2D eigenvalue weighted by Gasteiger charge is -2.21. The van der Waals surface area contributed by atoms with Gasteiger partial charge in [0.05, 0.1) is 21.9 Å². The van der Waals surface area contributed by atoms with Crippen molar-refractivity contribution in [2.24, 2.45) is 0 Å². The summed E-state index contributed by atoms with van der Waals surface area (Å²) in [6.45, 7) is 1.56. The van der Waals surface area contributed by atoms with Crippen molar-refractivity contribution in [3.05, 3.63) is 77.0 Å². The molecule has 0 aliphatic carbocycles. The number of amides is 1. The Labute approximate surface area is 165 Å². The van der Waals surface area contributed by atoms with Crippen LogP contribution >= 0.6 is 15.9 Å². The maximum atomic E-state index is 12.5. The lowest BCUT2D eigenvalue weighted by Crippen LogP contribution is -2.37. The molecule has 0 saturated carbocycles. The molecule has 1 heterocycles. The maximum absolute atomic E-state index is 12.5. The van der Waals surface area contributed by atoms with E-state index in [1.54, 1.807) is 49.2 Å². The predicted molar refractivity (Wildman–Crippen MR) is 106 cm³/mol. The highest BCUT2D eigenvalue weighted by atomic mass is 79.9. The molecule has 1 aromatic heterocycles. The van der Waals surface area contributed by atoms with Crippen LogP contribution in [-0.4, -0.2) is 34.8 Å². The highest BCUT2D eigenvalue weighted by Gasteiger charge is 2.23. The third-order valence-corrected chi connectivity index (χ3v) is 4.41. The molecule has 0 aliphatic heterocycles. The smallest absolute Gasteiger partial charge is 0.338 e. The summed E-state index contributed by atoms with van der Waals surface area (Å²) >= 11 is 3.34. The Bertz CT molecular complexity index is 956. The highest BCUT2D eigenvalue weighted by molar-refractivity contribution is 9.10. The molecule has 0 saturated heterocycles. The molecule has 0 unspecified atom stereocenters. The van der Waals surface area contributed by atoms with Crippen molar-refractivity contribution in [2.75, 3.05) is 11.9 Å². The van der Waals surface area contributed by atoms with Gasteiger partial charge in [-0.3, -0.25) is 4.79 Å². The molecular formula is C20H18BrN3O3. The normalized spacial score (nSPS) is 11.7. The molecule has 138 valence electrons. The van der Waals surface area contributed by atoms with E-state index < -0.39 is 12.1 Å². The third-order valence-electron chi connectivity index (χ3n) is 4.00. The van der Waals surface area contributed by atoms with Gasteiger partial charge in [0.25, 0.3) is 5.91 Å². The van der Waals surface area contributed by atoms with Gasteiger partial charge < -0.3 is 9.64 Å². The molecule has 6 nitrogen and oxygen atoms in total. The molecule has 7 heteroatoms. The van der Waals surface area contributed by atoms with Gasteiger partial charge in [-0.15, -0.1) is 0 Å². The number of ether oxygens (including phenoxy) is 1. The van der Waals surface area contributed by atoms with Gasteiger partial charge in [-0.1, -0.05) is 24.3 Å². The van der Waals surface area contributed by atoms with E-state index >= 15 is 0 Å². The Morgan fingerprint density at radius 2 is 1.89 bits per heavy atom. The number of likely N-dealkylation sites (N-methyl/N-ethyl adjacent to an activating group) is 1. The fourth-order valence-corrected chi connectivity index (χ4v) is 2.83. The number of rotatable bonds is 5. The van der Waals surface area contributed by atoms with E-state index in [-0.39, 0.29) is 5.91 Å². The van der Waals surface area contributed by atoms with Crippen molar-refractivity contribution in [1.29, 1.82) is 0 Å². The molecule has 0 radical (unpaired) electrons. The van der Waals surface area contributed by atoms with Gasteiger partial charge in [0.1, 0.15) is 0 Å². The average Bonchev–Trinajstić information content (AvgIpc) is 3.14. The maximum Gasteiger partial charge on any atom is 0.338 e. The minimum atomic E-state index is -0.912. The lowest BCUT2D eigenvalue weighted by molar-refractivity contribution is -0.126. The SMILES string of the molecule is C[C@@H](OC(=O)c1cccc(-n2cc(Br)cn2)c1)C(=O)N(C)c1ccccc1. The number of benzene rings is 2. The summed E-state index contributed by atoms with van der Waals surface area (Å²) in [5.41, 5.74) is 1.80. The number of para-hydroxylation sites is 1. The number of nitrogens with zero attached hydrogens (tertiary/aromatic N) is 3. The number of hydrogen-bond donors (Lipinski definition) is 0. The number of aromatic nitrogens is 2. The van der Waals surface area contributed by atoms with E-state index in [1.165, 1.54) is 4.90 Å². The molecule has 0 bridgehead atoms. The average molecular weight is 428 g/mol. The topological polar surface area (TPSA) is 64.4 Å². The predicted octanol–water partition coefficient (Wildman–Crippen LogP) is 3.84. The molecule has 0 aliphatic rings. The number of carbonyl (C=O) groups excluding carboxylic acids is 2.